The molecule has 3 amide bonds. The van der Waals surface area contributed by atoms with Crippen LogP contribution >= 0.6 is 0 Å². The summed E-state index contributed by atoms with van der Waals surface area (Å²) in [5, 5.41) is 2.36. The smallest absolute Gasteiger partial charge is 0.255 e. The van der Waals surface area contributed by atoms with Crippen molar-refractivity contribution in [1.82, 2.24) is 15.1 Å². The fourth-order valence-electron chi connectivity index (χ4n) is 5.60. The normalized spacial score (nSPS) is 32.6. The van der Waals surface area contributed by atoms with Crippen molar-refractivity contribution >= 4 is 17.7 Å². The summed E-state index contributed by atoms with van der Waals surface area (Å²) in [6.45, 7) is 3.15. The van der Waals surface area contributed by atoms with Gasteiger partial charge in [0, 0.05) is 43.7 Å². The lowest BCUT2D eigenvalue weighted by atomic mass is 9.92. The van der Waals surface area contributed by atoms with Gasteiger partial charge in [-0.2, -0.15) is 0 Å². The van der Waals surface area contributed by atoms with Crippen LogP contribution in [0.25, 0.3) is 0 Å². The van der Waals surface area contributed by atoms with E-state index in [2.05, 4.69) is 16.3 Å². The molecule has 3 N–H and O–H groups in total. The van der Waals surface area contributed by atoms with Gasteiger partial charge >= 0.3 is 0 Å². The molecule has 0 spiro atoms. The van der Waals surface area contributed by atoms with Gasteiger partial charge in [0.2, 0.25) is 11.8 Å². The van der Waals surface area contributed by atoms with Gasteiger partial charge in [-0.3, -0.25) is 24.6 Å². The van der Waals surface area contributed by atoms with Crippen LogP contribution in [0.3, 0.4) is 0 Å². The summed E-state index contributed by atoms with van der Waals surface area (Å²) in [4.78, 5) is 40.7. The summed E-state index contributed by atoms with van der Waals surface area (Å²) < 4.78 is 0. The molecule has 5 rings (SSSR count). The van der Waals surface area contributed by atoms with Gasteiger partial charge in [-0.25, -0.2) is 0 Å². The number of amides is 3. The van der Waals surface area contributed by atoms with Crippen LogP contribution in [-0.4, -0.2) is 52.2 Å². The van der Waals surface area contributed by atoms with E-state index >= 15 is 0 Å². The van der Waals surface area contributed by atoms with Gasteiger partial charge in [0.25, 0.3) is 5.91 Å². The molecule has 0 radical (unpaired) electrons. The maximum Gasteiger partial charge on any atom is 0.255 e. The van der Waals surface area contributed by atoms with Crippen LogP contribution in [0.1, 0.15) is 53.6 Å². The van der Waals surface area contributed by atoms with Crippen LogP contribution in [0, 0.1) is 5.92 Å². The molecule has 7 nitrogen and oxygen atoms in total. The molecule has 1 aromatic rings. The second-order valence-corrected chi connectivity index (χ2v) is 8.84. The Labute approximate surface area is 164 Å². The zero-order chi connectivity index (χ0) is 19.5. The average molecular weight is 382 g/mol. The number of hydrogen-bond acceptors (Lipinski definition) is 5. The molecule has 3 heterocycles. The van der Waals surface area contributed by atoms with E-state index in [0.717, 1.165) is 37.2 Å². The molecule has 4 aliphatic rings. The summed E-state index contributed by atoms with van der Waals surface area (Å²) in [5.41, 5.74) is 9.41. The maximum absolute atomic E-state index is 13.0. The van der Waals surface area contributed by atoms with Crippen LogP contribution in [0.5, 0.6) is 0 Å². The summed E-state index contributed by atoms with van der Waals surface area (Å²) in [6, 6.07) is 5.28. The molecule has 0 bridgehead atoms. The molecule has 3 unspecified atom stereocenters. The molecule has 7 heteroatoms. The first-order valence-corrected chi connectivity index (χ1v) is 10.2. The van der Waals surface area contributed by atoms with Crippen molar-refractivity contribution in [1.29, 1.82) is 0 Å². The summed E-state index contributed by atoms with van der Waals surface area (Å²) in [6.07, 6.45) is 4.20. The fourth-order valence-corrected chi connectivity index (χ4v) is 5.60. The van der Waals surface area contributed by atoms with Crippen molar-refractivity contribution < 1.29 is 14.4 Å². The second kappa shape index (κ2) is 6.39. The Morgan fingerprint density at radius 2 is 2.07 bits per heavy atom. The summed E-state index contributed by atoms with van der Waals surface area (Å²) in [7, 11) is 0. The zero-order valence-corrected chi connectivity index (χ0v) is 15.9. The minimum Gasteiger partial charge on any atom is -0.324 e. The van der Waals surface area contributed by atoms with Crippen molar-refractivity contribution in [3.63, 3.8) is 0 Å². The van der Waals surface area contributed by atoms with Crippen LogP contribution in [0.15, 0.2) is 18.2 Å². The minimum atomic E-state index is -0.566. The number of carbonyl (C=O) groups excluding carboxylic acids is 3. The Hall–Kier alpha value is -2.25. The van der Waals surface area contributed by atoms with Gasteiger partial charge in [-0.15, -0.1) is 0 Å². The van der Waals surface area contributed by atoms with E-state index in [1.807, 2.05) is 12.1 Å². The number of benzene rings is 1. The highest BCUT2D eigenvalue weighted by molar-refractivity contribution is 6.05. The molecule has 3 atom stereocenters. The number of likely N-dealkylation sites (tertiary alicyclic amines) is 1. The average Bonchev–Trinajstić information content (AvgIpc) is 3.26. The number of nitrogens with zero attached hydrogens (tertiary/aromatic N) is 2. The fraction of sp³-hybridized carbons (Fsp3) is 0.571. The van der Waals surface area contributed by atoms with Crippen LogP contribution in [0.2, 0.25) is 0 Å². The van der Waals surface area contributed by atoms with E-state index in [1.165, 1.54) is 12.8 Å². The third kappa shape index (κ3) is 2.76. The van der Waals surface area contributed by atoms with Crippen LogP contribution in [0.4, 0.5) is 0 Å². The highest BCUT2D eigenvalue weighted by atomic mass is 16.2. The number of imide groups is 1. The first kappa shape index (κ1) is 17.8. The highest BCUT2D eigenvalue weighted by Crippen LogP contribution is 2.40. The van der Waals surface area contributed by atoms with E-state index in [1.54, 1.807) is 4.90 Å². The number of carbonyl (C=O) groups is 3. The number of hydrogen-bond donors (Lipinski definition) is 2. The quantitative estimate of drug-likeness (QED) is 0.753. The van der Waals surface area contributed by atoms with E-state index < -0.39 is 6.04 Å². The van der Waals surface area contributed by atoms with E-state index in [4.69, 9.17) is 5.73 Å². The van der Waals surface area contributed by atoms with Gasteiger partial charge < -0.3 is 10.6 Å². The Morgan fingerprint density at radius 3 is 2.86 bits per heavy atom. The lowest BCUT2D eigenvalue weighted by Gasteiger charge is -2.29. The second-order valence-electron chi connectivity index (χ2n) is 8.84. The molecule has 3 aliphatic heterocycles. The minimum absolute atomic E-state index is 0.0491. The molecule has 2 saturated heterocycles. The number of fused-ring (bicyclic) bond motifs is 2. The molecular formula is C21H26N4O3. The van der Waals surface area contributed by atoms with Crippen molar-refractivity contribution in [3.05, 3.63) is 34.9 Å². The molecule has 1 aliphatic carbocycles. The molecule has 148 valence electrons. The van der Waals surface area contributed by atoms with E-state index in [0.29, 0.717) is 24.4 Å². The monoisotopic (exact) mass is 382 g/mol. The van der Waals surface area contributed by atoms with Crippen LogP contribution < -0.4 is 11.1 Å². The SMILES string of the molecule is NC12CCCC1CN(Cc1cccc3c1CN(C1CCC(=O)NC1=O)C3=O)C2. The van der Waals surface area contributed by atoms with E-state index in [-0.39, 0.29) is 29.7 Å². The summed E-state index contributed by atoms with van der Waals surface area (Å²) >= 11 is 0. The molecule has 3 fully saturated rings. The van der Waals surface area contributed by atoms with Crippen molar-refractivity contribution in [2.24, 2.45) is 11.7 Å². The van der Waals surface area contributed by atoms with Gasteiger partial charge in [0.05, 0.1) is 0 Å². The van der Waals surface area contributed by atoms with Gasteiger partial charge in [-0.1, -0.05) is 18.6 Å². The molecule has 0 aromatic heterocycles. The molecular weight excluding hydrogens is 356 g/mol. The molecule has 1 aromatic carbocycles. The zero-order valence-electron chi connectivity index (χ0n) is 15.9. The largest absolute Gasteiger partial charge is 0.324 e. The molecule has 28 heavy (non-hydrogen) atoms. The standard InChI is InChI=1S/C21H26N4O3/c22-21-8-2-4-14(21)10-24(12-21)9-13-3-1-5-15-16(13)11-25(20(15)28)17-6-7-18(26)23-19(17)27/h1,3,5,14,17H,2,4,6-12,22H2,(H,23,26,27). The van der Waals surface area contributed by atoms with Crippen molar-refractivity contribution in [2.75, 3.05) is 13.1 Å². The van der Waals surface area contributed by atoms with Crippen molar-refractivity contribution in [2.45, 2.75) is 56.8 Å². The first-order valence-electron chi connectivity index (χ1n) is 10.2. The first-order chi connectivity index (χ1) is 13.4. The number of rotatable bonds is 3. The van der Waals surface area contributed by atoms with Gasteiger partial charge in [0.1, 0.15) is 6.04 Å². The molecule has 1 saturated carbocycles. The van der Waals surface area contributed by atoms with E-state index in [9.17, 15) is 14.4 Å². The Kier molecular flexibility index (Phi) is 4.07. The topological polar surface area (TPSA) is 95.7 Å². The third-order valence-electron chi connectivity index (χ3n) is 7.08. The van der Waals surface area contributed by atoms with Gasteiger partial charge in [-0.05, 0) is 42.4 Å². The third-order valence-corrected chi connectivity index (χ3v) is 7.08. The number of nitrogens with one attached hydrogen (secondary N) is 1. The lowest BCUT2D eigenvalue weighted by molar-refractivity contribution is -0.136. The van der Waals surface area contributed by atoms with Crippen LogP contribution in [-0.2, 0) is 22.7 Å². The van der Waals surface area contributed by atoms with Gasteiger partial charge in [0.15, 0.2) is 0 Å². The predicted octanol–water partition coefficient (Wildman–Crippen LogP) is 0.761. The summed E-state index contributed by atoms with van der Waals surface area (Å²) in [5.74, 6) is -0.163. The maximum atomic E-state index is 13.0. The number of nitrogens with two attached hydrogens (primary N) is 1. The Balaban J connectivity index is 1.35. The highest BCUT2D eigenvalue weighted by Gasteiger charge is 2.47. The predicted molar refractivity (Wildman–Crippen MR) is 102 cm³/mol. The number of piperidine rings is 1. The Bertz CT molecular complexity index is 869. The van der Waals surface area contributed by atoms with Crippen molar-refractivity contribution in [3.8, 4) is 0 Å². The Morgan fingerprint density at radius 1 is 1.21 bits per heavy atom. The lowest BCUT2D eigenvalue weighted by Crippen LogP contribution is -2.52.